The summed E-state index contributed by atoms with van der Waals surface area (Å²) < 4.78 is 19.9. The first-order chi connectivity index (χ1) is 17.3. The predicted octanol–water partition coefficient (Wildman–Crippen LogP) is 3.14. The number of allylic oxidation sites excluding steroid dienone is 1. The van der Waals surface area contributed by atoms with E-state index in [-0.39, 0.29) is 11.1 Å². The van der Waals surface area contributed by atoms with Crippen molar-refractivity contribution in [1.29, 1.82) is 0 Å². The van der Waals surface area contributed by atoms with Crippen LogP contribution in [0.3, 0.4) is 0 Å². The van der Waals surface area contributed by atoms with Crippen LogP contribution in [0.25, 0.3) is 0 Å². The Kier molecular flexibility index (Phi) is 8.34. The third-order valence-electron chi connectivity index (χ3n) is 6.75. The number of likely N-dealkylation sites (N-methyl/N-ethyl adjacent to an activating group) is 1. The Morgan fingerprint density at radius 1 is 0.833 bits per heavy atom. The highest BCUT2D eigenvalue weighted by molar-refractivity contribution is 6.03. The Hall–Kier alpha value is -3.88. The second-order valence-electron chi connectivity index (χ2n) is 8.51. The van der Waals surface area contributed by atoms with Crippen LogP contribution in [0.5, 0.6) is 0 Å². The molecule has 0 saturated heterocycles. The lowest BCUT2D eigenvalue weighted by atomic mass is 9.66. The van der Waals surface area contributed by atoms with Crippen molar-refractivity contribution in [2.24, 2.45) is 0 Å². The molecule has 1 heterocycles. The molecular formula is C27H31NO8. The van der Waals surface area contributed by atoms with Crippen LogP contribution in [0.1, 0.15) is 37.7 Å². The summed E-state index contributed by atoms with van der Waals surface area (Å²) in [6.07, 6.45) is 5.43. The SMILES string of the molecule is COC(=O)/C=C(C(=O)OC)/C1=C2\N(C)c3ccccc3C2(/C(=C/C(=O)OC)C(=O)OC)CCCCC1. The average Bonchev–Trinajstić information content (AvgIpc) is 3.13. The molecule has 9 nitrogen and oxygen atoms in total. The predicted molar refractivity (Wildman–Crippen MR) is 131 cm³/mol. The number of para-hydroxylation sites is 1. The lowest BCUT2D eigenvalue weighted by Crippen LogP contribution is -2.38. The average molecular weight is 498 g/mol. The number of rotatable bonds is 6. The summed E-state index contributed by atoms with van der Waals surface area (Å²) >= 11 is 0. The third-order valence-corrected chi connectivity index (χ3v) is 6.75. The first-order valence-electron chi connectivity index (χ1n) is 11.6. The summed E-state index contributed by atoms with van der Waals surface area (Å²) in [4.78, 5) is 53.0. The van der Waals surface area contributed by atoms with Crippen molar-refractivity contribution in [3.05, 3.63) is 64.4 Å². The number of esters is 4. The van der Waals surface area contributed by atoms with E-state index >= 15 is 0 Å². The molecule has 36 heavy (non-hydrogen) atoms. The number of anilines is 1. The van der Waals surface area contributed by atoms with Crippen molar-refractivity contribution >= 4 is 29.6 Å². The number of ether oxygens (including phenoxy) is 4. The van der Waals surface area contributed by atoms with E-state index in [1.165, 1.54) is 28.4 Å². The Labute approximate surface area is 210 Å². The van der Waals surface area contributed by atoms with Gasteiger partial charge >= 0.3 is 23.9 Å². The molecule has 0 radical (unpaired) electrons. The van der Waals surface area contributed by atoms with Gasteiger partial charge in [-0.25, -0.2) is 19.2 Å². The zero-order valence-corrected chi connectivity index (χ0v) is 21.2. The second-order valence-corrected chi connectivity index (χ2v) is 8.51. The highest BCUT2D eigenvalue weighted by Gasteiger charge is 2.53. The number of fused-ring (bicyclic) bond motifs is 3. The molecule has 9 heteroatoms. The maximum atomic E-state index is 13.3. The quantitative estimate of drug-likeness (QED) is 0.333. The molecule has 1 aliphatic carbocycles. The molecule has 2 aliphatic rings. The van der Waals surface area contributed by atoms with Crippen molar-refractivity contribution in [1.82, 2.24) is 0 Å². The second kappa shape index (κ2) is 11.2. The molecule has 1 unspecified atom stereocenters. The van der Waals surface area contributed by atoms with E-state index < -0.39 is 29.3 Å². The van der Waals surface area contributed by atoms with Gasteiger partial charge in [-0.05, 0) is 36.5 Å². The maximum Gasteiger partial charge on any atom is 0.338 e. The Morgan fingerprint density at radius 2 is 1.47 bits per heavy atom. The number of nitrogens with zero attached hydrogens (tertiary/aromatic N) is 1. The number of hydrogen-bond donors (Lipinski definition) is 0. The van der Waals surface area contributed by atoms with Crippen LogP contribution in [-0.2, 0) is 43.5 Å². The minimum Gasteiger partial charge on any atom is -0.466 e. The molecule has 3 rings (SSSR count). The zero-order valence-electron chi connectivity index (χ0n) is 21.2. The molecule has 0 bridgehead atoms. The van der Waals surface area contributed by atoms with Crippen LogP contribution in [0.4, 0.5) is 5.69 Å². The van der Waals surface area contributed by atoms with E-state index in [1.54, 1.807) is 0 Å². The van der Waals surface area contributed by atoms with E-state index in [1.807, 2.05) is 36.2 Å². The Balaban J connectivity index is 2.53. The molecular weight excluding hydrogens is 466 g/mol. The van der Waals surface area contributed by atoms with Gasteiger partial charge in [-0.15, -0.1) is 0 Å². The first-order valence-corrected chi connectivity index (χ1v) is 11.6. The van der Waals surface area contributed by atoms with Gasteiger partial charge in [0.1, 0.15) is 0 Å². The summed E-state index contributed by atoms with van der Waals surface area (Å²) in [7, 11) is 6.77. The van der Waals surface area contributed by atoms with E-state index in [0.29, 0.717) is 24.1 Å². The number of carbonyl (C=O) groups is 4. The molecule has 1 aromatic rings. The molecule has 0 amide bonds. The van der Waals surface area contributed by atoms with Crippen LogP contribution in [0, 0.1) is 0 Å². The van der Waals surface area contributed by atoms with E-state index in [9.17, 15) is 19.2 Å². The topological polar surface area (TPSA) is 108 Å². The third kappa shape index (κ3) is 4.65. The van der Waals surface area contributed by atoms with Crippen molar-refractivity contribution in [3.8, 4) is 0 Å². The molecule has 1 aliphatic heterocycles. The zero-order chi connectivity index (χ0) is 26.5. The molecule has 0 N–H and O–H groups in total. The van der Waals surface area contributed by atoms with Crippen LogP contribution in [0.15, 0.2) is 58.8 Å². The lowest BCUT2D eigenvalue weighted by molar-refractivity contribution is -0.139. The van der Waals surface area contributed by atoms with Crippen LogP contribution >= 0.6 is 0 Å². The first kappa shape index (κ1) is 26.7. The van der Waals surface area contributed by atoms with Gasteiger partial charge in [0.25, 0.3) is 0 Å². The van der Waals surface area contributed by atoms with Gasteiger partial charge in [0.15, 0.2) is 0 Å². The smallest absolute Gasteiger partial charge is 0.338 e. The number of methoxy groups -OCH3 is 4. The van der Waals surface area contributed by atoms with Gasteiger partial charge in [-0.1, -0.05) is 31.0 Å². The summed E-state index contributed by atoms with van der Waals surface area (Å²) in [5.41, 5.74) is 1.69. The fourth-order valence-electron chi connectivity index (χ4n) is 5.23. The van der Waals surface area contributed by atoms with Crippen molar-refractivity contribution in [2.45, 2.75) is 37.5 Å². The summed E-state index contributed by atoms with van der Waals surface area (Å²) in [5.74, 6) is -2.83. The van der Waals surface area contributed by atoms with Crippen molar-refractivity contribution in [3.63, 3.8) is 0 Å². The van der Waals surface area contributed by atoms with E-state index in [4.69, 9.17) is 18.9 Å². The van der Waals surface area contributed by atoms with Crippen LogP contribution < -0.4 is 4.90 Å². The molecule has 192 valence electrons. The minimum atomic E-state index is -1.15. The molecule has 0 fully saturated rings. The monoisotopic (exact) mass is 497 g/mol. The number of carbonyl (C=O) groups excluding carboxylic acids is 4. The summed E-state index contributed by atoms with van der Waals surface area (Å²) in [6.45, 7) is 0. The van der Waals surface area contributed by atoms with Gasteiger partial charge in [-0.3, -0.25) is 0 Å². The lowest BCUT2D eigenvalue weighted by Gasteiger charge is -2.37. The highest BCUT2D eigenvalue weighted by Crippen LogP contribution is 2.57. The van der Waals surface area contributed by atoms with Crippen molar-refractivity contribution < 1.29 is 38.1 Å². The molecule has 1 atom stereocenters. The van der Waals surface area contributed by atoms with Gasteiger partial charge < -0.3 is 23.8 Å². The maximum absolute atomic E-state index is 13.3. The van der Waals surface area contributed by atoms with Gasteiger partial charge in [0.2, 0.25) is 0 Å². The van der Waals surface area contributed by atoms with E-state index in [0.717, 1.165) is 42.7 Å². The van der Waals surface area contributed by atoms with Gasteiger partial charge in [0, 0.05) is 30.6 Å². The molecule has 1 aromatic carbocycles. The molecule has 0 spiro atoms. The standard InChI is InChI=1S/C27H31NO8/c1-28-21-13-9-8-12-19(21)27(20(26(32)36-5)16-23(30)34-3)14-10-6-7-11-17(24(27)28)18(25(31)35-4)15-22(29)33-2/h8-9,12-13,15-16H,6-7,10-11,14H2,1-5H3/b18-15-,20-16+,24-17-. The minimum absolute atomic E-state index is 0.0348. The normalized spacial score (nSPS) is 22.0. The van der Waals surface area contributed by atoms with Crippen LogP contribution in [-0.4, -0.2) is 59.4 Å². The van der Waals surface area contributed by atoms with Crippen molar-refractivity contribution in [2.75, 3.05) is 40.4 Å². The Morgan fingerprint density at radius 3 is 2.11 bits per heavy atom. The number of benzene rings is 1. The Bertz CT molecular complexity index is 1160. The highest BCUT2D eigenvalue weighted by atomic mass is 16.5. The van der Waals surface area contributed by atoms with E-state index in [2.05, 4.69) is 0 Å². The summed E-state index contributed by atoms with van der Waals surface area (Å²) in [6, 6.07) is 7.53. The molecule has 0 aromatic heterocycles. The summed E-state index contributed by atoms with van der Waals surface area (Å²) in [5, 5.41) is 0. The fraction of sp³-hybridized carbons (Fsp3) is 0.407. The van der Waals surface area contributed by atoms with Crippen LogP contribution in [0.2, 0.25) is 0 Å². The van der Waals surface area contributed by atoms with Gasteiger partial charge in [-0.2, -0.15) is 0 Å². The number of hydrogen-bond acceptors (Lipinski definition) is 9. The molecule has 0 saturated carbocycles. The largest absolute Gasteiger partial charge is 0.466 e. The fourth-order valence-corrected chi connectivity index (χ4v) is 5.23. The van der Waals surface area contributed by atoms with Gasteiger partial charge in [0.05, 0.1) is 45.0 Å².